The molecule has 1 heterocycles. The molecule has 0 fully saturated rings. The van der Waals surface area contributed by atoms with Crippen molar-refractivity contribution in [3.8, 4) is 0 Å². The van der Waals surface area contributed by atoms with E-state index in [4.69, 9.17) is 5.73 Å². The van der Waals surface area contributed by atoms with Crippen LogP contribution in [0.3, 0.4) is 0 Å². The summed E-state index contributed by atoms with van der Waals surface area (Å²) in [5.41, 5.74) is 9.13. The first-order valence-electron chi connectivity index (χ1n) is 7.17. The van der Waals surface area contributed by atoms with Gasteiger partial charge in [0, 0.05) is 28.8 Å². The van der Waals surface area contributed by atoms with Crippen molar-refractivity contribution < 1.29 is 9.18 Å². The van der Waals surface area contributed by atoms with Crippen LogP contribution in [0.4, 0.5) is 10.1 Å². The summed E-state index contributed by atoms with van der Waals surface area (Å²) >= 11 is 3.41. The quantitative estimate of drug-likeness (QED) is 0.905. The molecule has 0 atom stereocenters. The number of hydrogen-bond acceptors (Lipinski definition) is 2. The third kappa shape index (κ3) is 2.86. The molecule has 3 nitrogen and oxygen atoms in total. The minimum Gasteiger partial charge on any atom is -0.367 e. The van der Waals surface area contributed by atoms with Crippen LogP contribution in [0, 0.1) is 5.82 Å². The Morgan fingerprint density at radius 1 is 1.32 bits per heavy atom. The fraction of sp³-hybridized carbons (Fsp3) is 0.235. The van der Waals surface area contributed by atoms with Crippen molar-refractivity contribution in [2.24, 2.45) is 5.73 Å². The lowest BCUT2D eigenvalue weighted by molar-refractivity contribution is 0.0999. The Labute approximate surface area is 137 Å². The predicted molar refractivity (Wildman–Crippen MR) is 88.4 cm³/mol. The molecule has 22 heavy (non-hydrogen) atoms. The first-order valence-corrected chi connectivity index (χ1v) is 7.96. The van der Waals surface area contributed by atoms with Crippen LogP contribution < -0.4 is 10.6 Å². The summed E-state index contributed by atoms with van der Waals surface area (Å²) in [5.74, 6) is -0.646. The summed E-state index contributed by atoms with van der Waals surface area (Å²) < 4.78 is 14.0. The van der Waals surface area contributed by atoms with Gasteiger partial charge in [0.15, 0.2) is 0 Å². The smallest absolute Gasteiger partial charge is 0.249 e. The summed E-state index contributed by atoms with van der Waals surface area (Å²) in [7, 11) is 0. The van der Waals surface area contributed by atoms with E-state index in [9.17, 15) is 9.18 Å². The van der Waals surface area contributed by atoms with Gasteiger partial charge in [0.25, 0.3) is 0 Å². The molecule has 0 saturated carbocycles. The largest absolute Gasteiger partial charge is 0.367 e. The van der Waals surface area contributed by atoms with E-state index in [1.807, 2.05) is 12.1 Å². The van der Waals surface area contributed by atoms with E-state index in [0.717, 1.165) is 40.7 Å². The van der Waals surface area contributed by atoms with Crippen LogP contribution in [0.2, 0.25) is 0 Å². The highest BCUT2D eigenvalue weighted by Gasteiger charge is 2.21. The van der Waals surface area contributed by atoms with Gasteiger partial charge in [-0.2, -0.15) is 0 Å². The molecule has 0 bridgehead atoms. The Morgan fingerprint density at radius 3 is 2.86 bits per heavy atom. The molecular formula is C17H16BrFN2O. The number of anilines is 1. The number of carbonyl (C=O) groups excluding carboxylic acids is 1. The van der Waals surface area contributed by atoms with Gasteiger partial charge in [-0.15, -0.1) is 0 Å². The molecule has 2 aromatic rings. The molecule has 114 valence electrons. The Kier molecular flexibility index (Phi) is 4.16. The summed E-state index contributed by atoms with van der Waals surface area (Å²) in [6.45, 7) is 1.56. The third-order valence-corrected chi connectivity index (χ3v) is 4.73. The molecule has 0 spiro atoms. The number of carbonyl (C=O) groups is 1. The van der Waals surface area contributed by atoms with Crippen molar-refractivity contribution in [1.29, 1.82) is 0 Å². The topological polar surface area (TPSA) is 46.3 Å². The van der Waals surface area contributed by atoms with Crippen molar-refractivity contribution >= 4 is 27.5 Å². The molecule has 0 aromatic heterocycles. The monoisotopic (exact) mass is 362 g/mol. The standard InChI is InChI=1S/C17H16BrFN2O/c18-15-9-12(19)7-6-11(15)10-21-8-2-4-13-14(17(20)22)3-1-5-16(13)21/h1,3,5-7,9H,2,4,8,10H2,(H2,20,22). The predicted octanol–water partition coefficient (Wildman–Crippen LogP) is 3.64. The number of halogens is 2. The van der Waals surface area contributed by atoms with Gasteiger partial charge in [0.05, 0.1) is 0 Å². The fourth-order valence-electron chi connectivity index (χ4n) is 2.95. The number of rotatable bonds is 3. The second kappa shape index (κ2) is 6.08. The Morgan fingerprint density at radius 2 is 2.14 bits per heavy atom. The van der Waals surface area contributed by atoms with E-state index in [0.29, 0.717) is 12.1 Å². The van der Waals surface area contributed by atoms with Gasteiger partial charge in [0.1, 0.15) is 5.82 Å². The normalized spacial score (nSPS) is 13.8. The molecule has 2 N–H and O–H groups in total. The number of fused-ring (bicyclic) bond motifs is 1. The molecule has 0 radical (unpaired) electrons. The molecule has 0 saturated heterocycles. The molecular weight excluding hydrogens is 347 g/mol. The first-order chi connectivity index (χ1) is 10.6. The van der Waals surface area contributed by atoms with Crippen LogP contribution in [0.25, 0.3) is 0 Å². The minimum absolute atomic E-state index is 0.259. The maximum atomic E-state index is 13.2. The van der Waals surface area contributed by atoms with Crippen LogP contribution in [0.5, 0.6) is 0 Å². The number of nitrogens with two attached hydrogens (primary N) is 1. The average molecular weight is 363 g/mol. The molecule has 2 aromatic carbocycles. The van der Waals surface area contributed by atoms with Gasteiger partial charge in [-0.3, -0.25) is 4.79 Å². The zero-order valence-electron chi connectivity index (χ0n) is 12.0. The van der Waals surface area contributed by atoms with Crippen LogP contribution in [0.15, 0.2) is 40.9 Å². The summed E-state index contributed by atoms with van der Waals surface area (Å²) in [4.78, 5) is 13.8. The summed E-state index contributed by atoms with van der Waals surface area (Å²) in [6, 6.07) is 10.4. The van der Waals surface area contributed by atoms with Gasteiger partial charge in [-0.25, -0.2) is 4.39 Å². The lowest BCUT2D eigenvalue weighted by Gasteiger charge is -2.32. The lowest BCUT2D eigenvalue weighted by Crippen LogP contribution is -2.30. The number of benzene rings is 2. The first kappa shape index (κ1) is 15.0. The Balaban J connectivity index is 1.95. The molecule has 0 unspecified atom stereocenters. The van der Waals surface area contributed by atoms with Gasteiger partial charge in [-0.05, 0) is 48.2 Å². The van der Waals surface area contributed by atoms with E-state index in [1.54, 1.807) is 12.1 Å². The Bertz CT molecular complexity index is 733. The second-order valence-corrected chi connectivity index (χ2v) is 6.28. The number of hydrogen-bond donors (Lipinski definition) is 1. The van der Waals surface area contributed by atoms with Crippen molar-refractivity contribution in [1.82, 2.24) is 0 Å². The Hall–Kier alpha value is -1.88. The zero-order valence-corrected chi connectivity index (χ0v) is 13.6. The molecule has 1 aliphatic heterocycles. The minimum atomic E-state index is -0.387. The van der Waals surface area contributed by atoms with Crippen molar-refractivity contribution in [2.45, 2.75) is 19.4 Å². The number of primary amides is 1. The van der Waals surface area contributed by atoms with E-state index in [2.05, 4.69) is 20.8 Å². The number of amides is 1. The van der Waals surface area contributed by atoms with E-state index in [-0.39, 0.29) is 11.7 Å². The van der Waals surface area contributed by atoms with E-state index in [1.165, 1.54) is 12.1 Å². The molecule has 5 heteroatoms. The van der Waals surface area contributed by atoms with Crippen LogP contribution in [-0.4, -0.2) is 12.5 Å². The highest BCUT2D eigenvalue weighted by atomic mass is 79.9. The van der Waals surface area contributed by atoms with Crippen molar-refractivity contribution in [2.75, 3.05) is 11.4 Å². The summed E-state index contributed by atoms with van der Waals surface area (Å²) in [5, 5.41) is 0. The molecule has 0 aliphatic carbocycles. The molecule has 3 rings (SSSR count). The lowest BCUT2D eigenvalue weighted by atomic mass is 9.95. The van der Waals surface area contributed by atoms with E-state index < -0.39 is 0 Å². The van der Waals surface area contributed by atoms with Gasteiger partial charge >= 0.3 is 0 Å². The highest BCUT2D eigenvalue weighted by Crippen LogP contribution is 2.32. The second-order valence-electron chi connectivity index (χ2n) is 5.43. The highest BCUT2D eigenvalue weighted by molar-refractivity contribution is 9.10. The van der Waals surface area contributed by atoms with Crippen LogP contribution in [-0.2, 0) is 13.0 Å². The van der Waals surface area contributed by atoms with Crippen molar-refractivity contribution in [3.05, 3.63) is 63.4 Å². The maximum Gasteiger partial charge on any atom is 0.249 e. The summed E-state index contributed by atoms with van der Waals surface area (Å²) in [6.07, 6.45) is 1.83. The van der Waals surface area contributed by atoms with Crippen molar-refractivity contribution in [3.63, 3.8) is 0 Å². The van der Waals surface area contributed by atoms with Gasteiger partial charge < -0.3 is 10.6 Å². The van der Waals surface area contributed by atoms with Gasteiger partial charge in [-0.1, -0.05) is 28.1 Å². The van der Waals surface area contributed by atoms with E-state index >= 15 is 0 Å². The van der Waals surface area contributed by atoms with Crippen LogP contribution in [0.1, 0.15) is 27.9 Å². The third-order valence-electron chi connectivity index (χ3n) is 3.99. The molecule has 1 aliphatic rings. The SMILES string of the molecule is NC(=O)c1cccc2c1CCCN2Cc1ccc(F)cc1Br. The average Bonchev–Trinajstić information content (AvgIpc) is 2.49. The molecule has 1 amide bonds. The number of nitrogens with zero attached hydrogens (tertiary/aromatic N) is 1. The van der Waals surface area contributed by atoms with Crippen LogP contribution >= 0.6 is 15.9 Å². The zero-order chi connectivity index (χ0) is 15.7. The van der Waals surface area contributed by atoms with Gasteiger partial charge in [0.2, 0.25) is 5.91 Å². The maximum absolute atomic E-state index is 13.2. The fourth-order valence-corrected chi connectivity index (χ4v) is 3.43.